The van der Waals surface area contributed by atoms with Crippen LogP contribution in [-0.2, 0) is 23.1 Å². The summed E-state index contributed by atoms with van der Waals surface area (Å²) in [6.45, 7) is 4.51. The molecule has 2 aliphatic heterocycles. The third-order valence-corrected chi connectivity index (χ3v) is 7.55. The van der Waals surface area contributed by atoms with Crippen molar-refractivity contribution in [3.8, 4) is 5.75 Å². The van der Waals surface area contributed by atoms with Crippen LogP contribution in [0.4, 0.5) is 5.69 Å². The van der Waals surface area contributed by atoms with E-state index in [0.29, 0.717) is 24.1 Å². The molecule has 2 aromatic carbocycles. The molecule has 2 aromatic rings. The first-order valence-corrected chi connectivity index (χ1v) is 12.5. The number of hydrogen-bond acceptors (Lipinski definition) is 5. The van der Waals surface area contributed by atoms with Gasteiger partial charge in [0.05, 0.1) is 18.6 Å². The average molecular weight is 430 g/mol. The molecule has 0 radical (unpaired) electrons. The fourth-order valence-electron chi connectivity index (χ4n) is 4.43. The molecule has 7 heteroatoms. The molecule has 2 aliphatic rings. The van der Waals surface area contributed by atoms with Gasteiger partial charge >= 0.3 is 0 Å². The Morgan fingerprint density at radius 3 is 2.50 bits per heavy atom. The van der Waals surface area contributed by atoms with Crippen LogP contribution in [0.5, 0.6) is 5.75 Å². The molecule has 2 atom stereocenters. The minimum absolute atomic E-state index is 0.383. The van der Waals surface area contributed by atoms with Gasteiger partial charge in [0.2, 0.25) is 10.0 Å². The van der Waals surface area contributed by atoms with Gasteiger partial charge in [-0.1, -0.05) is 18.2 Å². The maximum Gasteiger partial charge on any atom is 0.231 e. The topological polar surface area (TPSA) is 70.7 Å². The summed E-state index contributed by atoms with van der Waals surface area (Å²) in [5.74, 6) is 1.73. The number of benzene rings is 2. The van der Waals surface area contributed by atoms with Gasteiger partial charge in [0, 0.05) is 26.1 Å². The largest absolute Gasteiger partial charge is 0.493 e. The van der Waals surface area contributed by atoms with E-state index >= 15 is 0 Å². The molecular weight excluding hydrogens is 398 g/mol. The van der Waals surface area contributed by atoms with Crippen LogP contribution in [0, 0.1) is 5.92 Å². The van der Waals surface area contributed by atoms with Gasteiger partial charge in [-0.25, -0.2) is 8.42 Å². The van der Waals surface area contributed by atoms with Crippen molar-refractivity contribution in [2.24, 2.45) is 5.92 Å². The van der Waals surface area contributed by atoms with Gasteiger partial charge in [-0.05, 0) is 72.8 Å². The molecule has 0 aliphatic carbocycles. The summed E-state index contributed by atoms with van der Waals surface area (Å²) in [5.41, 5.74) is 4.62. The number of fused-ring (bicyclic) bond motifs is 1. The summed E-state index contributed by atoms with van der Waals surface area (Å²) in [7, 11) is -1.67. The molecule has 0 saturated carbocycles. The molecule has 2 heterocycles. The van der Waals surface area contributed by atoms with E-state index in [9.17, 15) is 8.42 Å². The molecule has 0 unspecified atom stereocenters. The summed E-state index contributed by atoms with van der Waals surface area (Å²) in [5, 5.41) is 6.88. The molecular formula is C23H31N3O3S. The second-order valence-electron chi connectivity index (χ2n) is 8.36. The van der Waals surface area contributed by atoms with Gasteiger partial charge in [-0.2, -0.15) is 0 Å². The standard InChI is InChI=1S/C23H31N3O3S/c1-26(30(2,27)28)21-6-3-17(4-7-21)23-10-12-24-11-9-19(23)16-29-22-8-5-18-14-25-15-20(18)13-22/h3-8,13,19,23-25H,9-12,14-16H2,1-2H3/t19-,23-/m0/s1. The van der Waals surface area contributed by atoms with E-state index in [1.807, 2.05) is 12.1 Å². The van der Waals surface area contributed by atoms with E-state index in [0.717, 1.165) is 44.8 Å². The summed E-state index contributed by atoms with van der Waals surface area (Å²) in [6.07, 6.45) is 3.33. The zero-order valence-electron chi connectivity index (χ0n) is 17.7. The first kappa shape index (κ1) is 21.2. The molecule has 0 aromatic heterocycles. The van der Waals surface area contributed by atoms with Gasteiger partial charge in [-0.15, -0.1) is 0 Å². The number of anilines is 1. The lowest BCUT2D eigenvalue weighted by Crippen LogP contribution is -2.25. The maximum absolute atomic E-state index is 11.8. The first-order chi connectivity index (χ1) is 14.4. The second kappa shape index (κ2) is 8.96. The van der Waals surface area contributed by atoms with Gasteiger partial charge < -0.3 is 15.4 Å². The SMILES string of the molecule is CN(c1ccc([C@@H]2CCNCC[C@H]2COc2ccc3c(c2)CNC3)cc1)S(C)(=O)=O. The Bertz CT molecular complexity index is 976. The summed E-state index contributed by atoms with van der Waals surface area (Å²) in [6, 6.07) is 14.3. The number of rotatable bonds is 6. The fraction of sp³-hybridized carbons (Fsp3) is 0.478. The van der Waals surface area contributed by atoms with Crippen LogP contribution in [0.15, 0.2) is 42.5 Å². The van der Waals surface area contributed by atoms with E-state index in [4.69, 9.17) is 4.74 Å². The van der Waals surface area contributed by atoms with Crippen molar-refractivity contribution in [2.75, 3.05) is 37.3 Å². The Hall–Kier alpha value is -2.09. The number of ether oxygens (including phenoxy) is 1. The smallest absolute Gasteiger partial charge is 0.231 e. The predicted molar refractivity (Wildman–Crippen MR) is 121 cm³/mol. The third kappa shape index (κ3) is 4.79. The Kier molecular flexibility index (Phi) is 6.32. The molecule has 0 spiro atoms. The highest BCUT2D eigenvalue weighted by Gasteiger charge is 2.26. The van der Waals surface area contributed by atoms with Crippen molar-refractivity contribution in [1.29, 1.82) is 0 Å². The van der Waals surface area contributed by atoms with Crippen molar-refractivity contribution >= 4 is 15.7 Å². The average Bonchev–Trinajstić information content (AvgIpc) is 3.07. The van der Waals surface area contributed by atoms with E-state index in [-0.39, 0.29) is 0 Å². The number of sulfonamides is 1. The maximum atomic E-state index is 11.8. The molecule has 6 nitrogen and oxygen atoms in total. The van der Waals surface area contributed by atoms with Crippen LogP contribution in [0.25, 0.3) is 0 Å². The lowest BCUT2D eigenvalue weighted by molar-refractivity contribution is 0.219. The fourth-order valence-corrected chi connectivity index (χ4v) is 4.94. The van der Waals surface area contributed by atoms with E-state index in [1.165, 1.54) is 27.3 Å². The number of nitrogens with zero attached hydrogens (tertiary/aromatic N) is 1. The molecule has 1 saturated heterocycles. The van der Waals surface area contributed by atoms with Crippen LogP contribution in [0.1, 0.15) is 35.4 Å². The summed E-state index contributed by atoms with van der Waals surface area (Å²) >= 11 is 0. The Labute approximate surface area is 179 Å². The van der Waals surface area contributed by atoms with Gasteiger partial charge in [0.25, 0.3) is 0 Å². The highest BCUT2D eigenvalue weighted by Crippen LogP contribution is 2.34. The van der Waals surface area contributed by atoms with Crippen LogP contribution in [0.3, 0.4) is 0 Å². The van der Waals surface area contributed by atoms with Crippen LogP contribution >= 0.6 is 0 Å². The number of nitrogens with one attached hydrogen (secondary N) is 2. The van der Waals surface area contributed by atoms with Gasteiger partial charge in [-0.3, -0.25) is 4.31 Å². The molecule has 0 amide bonds. The molecule has 0 bridgehead atoms. The zero-order valence-corrected chi connectivity index (χ0v) is 18.5. The van der Waals surface area contributed by atoms with E-state index < -0.39 is 10.0 Å². The van der Waals surface area contributed by atoms with E-state index in [2.05, 4.69) is 41.0 Å². The van der Waals surface area contributed by atoms with Crippen LogP contribution < -0.4 is 19.7 Å². The molecule has 162 valence electrons. The Balaban J connectivity index is 1.47. The monoisotopic (exact) mass is 429 g/mol. The summed E-state index contributed by atoms with van der Waals surface area (Å²) in [4.78, 5) is 0. The minimum atomic E-state index is -3.26. The molecule has 4 rings (SSSR count). The quantitative estimate of drug-likeness (QED) is 0.739. The van der Waals surface area contributed by atoms with Gasteiger partial charge in [0.1, 0.15) is 5.75 Å². The third-order valence-electron chi connectivity index (χ3n) is 6.35. The predicted octanol–water partition coefficient (Wildman–Crippen LogP) is 2.85. The number of hydrogen-bond donors (Lipinski definition) is 2. The summed E-state index contributed by atoms with van der Waals surface area (Å²) < 4.78 is 31.2. The van der Waals surface area contributed by atoms with Crippen molar-refractivity contribution in [1.82, 2.24) is 10.6 Å². The zero-order chi connectivity index (χ0) is 21.1. The van der Waals surface area contributed by atoms with Crippen molar-refractivity contribution < 1.29 is 13.2 Å². The highest BCUT2D eigenvalue weighted by molar-refractivity contribution is 7.92. The van der Waals surface area contributed by atoms with E-state index in [1.54, 1.807) is 7.05 Å². The molecule has 2 N–H and O–H groups in total. The van der Waals surface area contributed by atoms with Crippen molar-refractivity contribution in [3.63, 3.8) is 0 Å². The van der Waals surface area contributed by atoms with Gasteiger partial charge in [0.15, 0.2) is 0 Å². The van der Waals surface area contributed by atoms with Crippen LogP contribution in [0.2, 0.25) is 0 Å². The lowest BCUT2D eigenvalue weighted by Gasteiger charge is -2.26. The lowest BCUT2D eigenvalue weighted by atomic mass is 9.83. The van der Waals surface area contributed by atoms with Crippen molar-refractivity contribution in [3.05, 3.63) is 59.2 Å². The van der Waals surface area contributed by atoms with Crippen LogP contribution in [-0.4, -0.2) is 41.4 Å². The minimum Gasteiger partial charge on any atom is -0.493 e. The second-order valence-corrected chi connectivity index (χ2v) is 10.4. The van der Waals surface area contributed by atoms with Crippen molar-refractivity contribution in [2.45, 2.75) is 31.8 Å². The Morgan fingerprint density at radius 2 is 1.73 bits per heavy atom. The molecule has 1 fully saturated rings. The first-order valence-electron chi connectivity index (χ1n) is 10.6. The Morgan fingerprint density at radius 1 is 1.00 bits per heavy atom. The highest BCUT2D eigenvalue weighted by atomic mass is 32.2. The normalized spacial score (nSPS) is 21.7. The molecule has 30 heavy (non-hydrogen) atoms.